The summed E-state index contributed by atoms with van der Waals surface area (Å²) in [6.45, 7) is 0. The molecule has 0 rings (SSSR count). The molecule has 0 saturated carbocycles. The van der Waals surface area contributed by atoms with Crippen LogP contribution in [0.15, 0.2) is 0 Å². The lowest BCUT2D eigenvalue weighted by Gasteiger charge is -2.32. The van der Waals surface area contributed by atoms with Crippen LogP contribution < -0.4 is 0 Å². The number of halogens is 9. The molecule has 0 fully saturated rings. The fourth-order valence-electron chi connectivity index (χ4n) is 1.54. The topological polar surface area (TPSA) is 43.4 Å². The molecule has 0 aliphatic heterocycles. The molecule has 0 spiro atoms. The standard InChI is InChI=1S/C12H13F9O3/c1-24-8(23)6-4-2-3-5-7(22)9(13,14)10(15,16)11(17,18)12(19,20)21/h2-6H2,1H3. The van der Waals surface area contributed by atoms with Crippen molar-refractivity contribution < 1.29 is 53.8 Å². The lowest BCUT2D eigenvalue weighted by atomic mass is 9.96. The fourth-order valence-corrected chi connectivity index (χ4v) is 1.54. The predicted molar refractivity (Wildman–Crippen MR) is 61.0 cm³/mol. The van der Waals surface area contributed by atoms with Gasteiger partial charge < -0.3 is 4.74 Å². The van der Waals surface area contributed by atoms with Crippen LogP contribution in [0, 0.1) is 0 Å². The number of rotatable bonds is 9. The number of methoxy groups -OCH3 is 1. The normalized spacial score (nSPS) is 13.8. The minimum atomic E-state index is -7.08. The highest BCUT2D eigenvalue weighted by Gasteiger charge is 2.83. The van der Waals surface area contributed by atoms with Crippen molar-refractivity contribution in [1.29, 1.82) is 0 Å². The zero-order valence-corrected chi connectivity index (χ0v) is 12.2. The van der Waals surface area contributed by atoms with Gasteiger partial charge in [0.15, 0.2) is 0 Å². The minimum Gasteiger partial charge on any atom is -0.469 e. The molecular weight excluding hydrogens is 363 g/mol. The molecule has 0 N–H and O–H groups in total. The van der Waals surface area contributed by atoms with Crippen LogP contribution >= 0.6 is 0 Å². The van der Waals surface area contributed by atoms with Crippen molar-refractivity contribution in [2.75, 3.05) is 7.11 Å². The van der Waals surface area contributed by atoms with Crippen LogP contribution in [-0.2, 0) is 14.3 Å². The average Bonchev–Trinajstić information content (AvgIpc) is 2.44. The molecule has 3 nitrogen and oxygen atoms in total. The van der Waals surface area contributed by atoms with Crippen LogP contribution in [0.2, 0.25) is 0 Å². The summed E-state index contributed by atoms with van der Waals surface area (Å²) in [6.07, 6.45) is -9.04. The number of esters is 1. The Morgan fingerprint density at radius 2 is 1.21 bits per heavy atom. The van der Waals surface area contributed by atoms with E-state index < -0.39 is 48.5 Å². The van der Waals surface area contributed by atoms with Gasteiger partial charge in [-0.1, -0.05) is 6.42 Å². The van der Waals surface area contributed by atoms with Gasteiger partial charge >= 0.3 is 29.9 Å². The van der Waals surface area contributed by atoms with Crippen molar-refractivity contribution in [1.82, 2.24) is 0 Å². The van der Waals surface area contributed by atoms with Gasteiger partial charge in [0, 0.05) is 12.8 Å². The minimum absolute atomic E-state index is 0.0284. The van der Waals surface area contributed by atoms with E-state index in [0.29, 0.717) is 0 Å². The zero-order chi connectivity index (χ0) is 19.4. The molecule has 0 aromatic rings. The molecular formula is C12H13F9O3. The Morgan fingerprint density at radius 1 is 0.750 bits per heavy atom. The van der Waals surface area contributed by atoms with Crippen LogP contribution in [0.25, 0.3) is 0 Å². The second kappa shape index (κ2) is 7.60. The molecule has 0 heterocycles. The van der Waals surface area contributed by atoms with Crippen molar-refractivity contribution in [2.45, 2.75) is 56.0 Å². The molecule has 0 saturated heterocycles. The fraction of sp³-hybridized carbons (Fsp3) is 0.833. The summed E-state index contributed by atoms with van der Waals surface area (Å²) in [4.78, 5) is 21.7. The van der Waals surface area contributed by atoms with Crippen molar-refractivity contribution in [3.63, 3.8) is 0 Å². The van der Waals surface area contributed by atoms with E-state index in [2.05, 4.69) is 4.74 Å². The van der Waals surface area contributed by atoms with Gasteiger partial charge in [-0.3, -0.25) is 9.59 Å². The summed E-state index contributed by atoms with van der Waals surface area (Å²) < 4.78 is 117. The number of Topliss-reactive ketones (excluding diaryl/α,β-unsaturated/α-hetero) is 1. The van der Waals surface area contributed by atoms with Crippen LogP contribution in [0.1, 0.15) is 32.1 Å². The first-order chi connectivity index (χ1) is 10.6. The van der Waals surface area contributed by atoms with Crippen LogP contribution in [-0.4, -0.2) is 42.8 Å². The first kappa shape index (κ1) is 22.5. The van der Waals surface area contributed by atoms with Crippen LogP contribution in [0.4, 0.5) is 39.5 Å². The number of carbonyl (C=O) groups excluding carboxylic acids is 2. The molecule has 0 aromatic heterocycles. The number of unbranched alkanes of at least 4 members (excludes halogenated alkanes) is 2. The Morgan fingerprint density at radius 3 is 1.62 bits per heavy atom. The Kier molecular flexibility index (Phi) is 7.13. The third-order valence-electron chi connectivity index (χ3n) is 3.01. The Balaban J connectivity index is 4.86. The molecule has 0 radical (unpaired) electrons. The van der Waals surface area contributed by atoms with E-state index in [4.69, 9.17) is 0 Å². The van der Waals surface area contributed by atoms with Gasteiger partial charge in [0.1, 0.15) is 0 Å². The number of ether oxygens (including phenoxy) is 1. The molecule has 0 aliphatic rings. The molecule has 24 heavy (non-hydrogen) atoms. The first-order valence-corrected chi connectivity index (χ1v) is 6.43. The number of alkyl halides is 9. The van der Waals surface area contributed by atoms with E-state index in [1.807, 2.05) is 0 Å². The zero-order valence-electron chi connectivity index (χ0n) is 12.2. The van der Waals surface area contributed by atoms with Gasteiger partial charge in [-0.2, -0.15) is 39.5 Å². The molecule has 0 amide bonds. The SMILES string of the molecule is COC(=O)CCCCCC(=O)C(F)(F)C(F)(F)C(F)(F)C(F)(F)F. The summed E-state index contributed by atoms with van der Waals surface area (Å²) in [7, 11) is 1.06. The lowest BCUT2D eigenvalue weighted by Crippen LogP contribution is -2.63. The van der Waals surface area contributed by atoms with Gasteiger partial charge in [0.25, 0.3) is 0 Å². The molecule has 0 atom stereocenters. The average molecular weight is 376 g/mol. The van der Waals surface area contributed by atoms with E-state index in [9.17, 15) is 49.1 Å². The van der Waals surface area contributed by atoms with Gasteiger partial charge in [-0.05, 0) is 12.8 Å². The quantitative estimate of drug-likeness (QED) is 0.345. The van der Waals surface area contributed by atoms with Crippen LogP contribution in [0.3, 0.4) is 0 Å². The smallest absolute Gasteiger partial charge is 0.460 e. The lowest BCUT2D eigenvalue weighted by molar-refractivity contribution is -0.388. The number of carbonyl (C=O) groups is 2. The van der Waals surface area contributed by atoms with Gasteiger partial charge in [0.2, 0.25) is 5.78 Å². The maximum absolute atomic E-state index is 13.2. The van der Waals surface area contributed by atoms with E-state index in [-0.39, 0.29) is 19.3 Å². The van der Waals surface area contributed by atoms with E-state index in [1.54, 1.807) is 0 Å². The monoisotopic (exact) mass is 376 g/mol. The van der Waals surface area contributed by atoms with Crippen LogP contribution in [0.5, 0.6) is 0 Å². The molecule has 0 unspecified atom stereocenters. The molecule has 142 valence electrons. The second-order valence-corrected chi connectivity index (χ2v) is 4.78. The number of hydrogen-bond acceptors (Lipinski definition) is 3. The summed E-state index contributed by atoms with van der Waals surface area (Å²) in [5, 5.41) is 0. The molecule has 12 heteroatoms. The van der Waals surface area contributed by atoms with E-state index in [1.165, 1.54) is 0 Å². The molecule has 0 bridgehead atoms. The summed E-state index contributed by atoms with van der Waals surface area (Å²) in [5.41, 5.74) is 0. The molecule has 0 aliphatic carbocycles. The third kappa shape index (κ3) is 4.53. The van der Waals surface area contributed by atoms with Gasteiger partial charge in [-0.15, -0.1) is 0 Å². The van der Waals surface area contributed by atoms with Crippen molar-refractivity contribution in [2.24, 2.45) is 0 Å². The number of ketones is 1. The van der Waals surface area contributed by atoms with Gasteiger partial charge in [-0.25, -0.2) is 0 Å². The van der Waals surface area contributed by atoms with Gasteiger partial charge in [0.05, 0.1) is 7.11 Å². The van der Waals surface area contributed by atoms with Crippen molar-refractivity contribution in [3.8, 4) is 0 Å². The maximum atomic E-state index is 13.2. The highest BCUT2D eigenvalue weighted by Crippen LogP contribution is 2.53. The summed E-state index contributed by atoms with van der Waals surface area (Å²) in [6, 6.07) is 0. The maximum Gasteiger partial charge on any atom is 0.460 e. The third-order valence-corrected chi connectivity index (χ3v) is 3.01. The highest BCUT2D eigenvalue weighted by molar-refractivity contribution is 5.87. The van der Waals surface area contributed by atoms with Crippen molar-refractivity contribution in [3.05, 3.63) is 0 Å². The molecule has 0 aromatic carbocycles. The summed E-state index contributed by atoms with van der Waals surface area (Å²) >= 11 is 0. The second-order valence-electron chi connectivity index (χ2n) is 4.78. The van der Waals surface area contributed by atoms with E-state index in [0.717, 1.165) is 7.11 Å². The highest BCUT2D eigenvalue weighted by atomic mass is 19.4. The van der Waals surface area contributed by atoms with E-state index >= 15 is 0 Å². The first-order valence-electron chi connectivity index (χ1n) is 6.43. The Bertz CT molecular complexity index is 457. The number of hydrogen-bond donors (Lipinski definition) is 0. The Labute approximate surface area is 130 Å². The largest absolute Gasteiger partial charge is 0.469 e. The van der Waals surface area contributed by atoms with Crippen molar-refractivity contribution >= 4 is 11.8 Å². The Hall–Kier alpha value is -1.49. The summed E-state index contributed by atoms with van der Waals surface area (Å²) in [5.74, 6) is -23.6. The predicted octanol–water partition coefficient (Wildman–Crippen LogP) is 4.15.